The number of benzene rings is 2. The van der Waals surface area contributed by atoms with Gasteiger partial charge >= 0.3 is 0 Å². The molecule has 0 fully saturated rings. The van der Waals surface area contributed by atoms with E-state index >= 15 is 0 Å². The summed E-state index contributed by atoms with van der Waals surface area (Å²) < 4.78 is 11.6. The third-order valence-corrected chi connectivity index (χ3v) is 5.35. The molecule has 0 saturated heterocycles. The van der Waals surface area contributed by atoms with E-state index < -0.39 is 11.2 Å². The van der Waals surface area contributed by atoms with E-state index in [9.17, 15) is 4.55 Å². The Bertz CT molecular complexity index is 896. The maximum absolute atomic E-state index is 11.6. The van der Waals surface area contributed by atoms with Crippen molar-refractivity contribution in [2.24, 2.45) is 0 Å². The molecule has 3 rings (SSSR count). The number of nitrogens with zero attached hydrogens (tertiary/aromatic N) is 1. The molecule has 3 aromatic rings. The molecule has 3 nitrogen and oxygen atoms in total. The summed E-state index contributed by atoms with van der Waals surface area (Å²) in [5, 5.41) is 10.9. The molecule has 128 valence electrons. The molecule has 5 heteroatoms. The zero-order valence-corrected chi connectivity index (χ0v) is 15.5. The number of rotatable bonds is 6. The number of hydrogen-bond acceptors (Lipinski definition) is 2. The molecular weight excluding hydrogens is 352 g/mol. The molecule has 2 aromatic carbocycles. The van der Waals surface area contributed by atoms with Gasteiger partial charge in [0.15, 0.2) is 0 Å². The van der Waals surface area contributed by atoms with Gasteiger partial charge in [-0.05, 0) is 29.7 Å². The van der Waals surface area contributed by atoms with Gasteiger partial charge in [-0.25, -0.2) is 0 Å². The fourth-order valence-electron chi connectivity index (χ4n) is 3.27. The van der Waals surface area contributed by atoms with Gasteiger partial charge in [0.25, 0.3) is 0 Å². The maximum atomic E-state index is 11.6. The number of nitriles is 1. The lowest BCUT2D eigenvalue weighted by Gasteiger charge is -2.16. The van der Waals surface area contributed by atoms with Crippen molar-refractivity contribution in [1.29, 1.82) is 5.26 Å². The third-order valence-electron chi connectivity index (χ3n) is 4.39. The number of nitrogens with one attached hydrogen (secondary N) is 1. The largest absolute Gasteiger partial charge is 0.616 e. The number of aromatic amines is 1. The van der Waals surface area contributed by atoms with E-state index in [0.29, 0.717) is 17.2 Å². The van der Waals surface area contributed by atoms with Gasteiger partial charge in [-0.15, -0.1) is 0 Å². The monoisotopic (exact) mass is 370 g/mol. The second kappa shape index (κ2) is 7.97. The smallest absolute Gasteiger partial charge is 0.132 e. The molecule has 1 N–H and O–H groups in total. The Hall–Kier alpha value is -1.93. The van der Waals surface area contributed by atoms with Crippen LogP contribution in [0.25, 0.3) is 10.9 Å². The molecule has 1 heterocycles. The van der Waals surface area contributed by atoms with E-state index in [2.05, 4.69) is 17.1 Å². The predicted octanol–water partition coefficient (Wildman–Crippen LogP) is 5.14. The summed E-state index contributed by atoms with van der Waals surface area (Å²) in [5.74, 6) is 0.647. The number of fused-ring (bicyclic) bond motifs is 1. The van der Waals surface area contributed by atoms with Gasteiger partial charge in [-0.3, -0.25) is 0 Å². The number of aromatic nitrogens is 1. The second-order valence-electron chi connectivity index (χ2n) is 6.10. The topological polar surface area (TPSA) is 62.6 Å². The van der Waals surface area contributed by atoms with Gasteiger partial charge in [0.2, 0.25) is 0 Å². The fourth-order valence-corrected chi connectivity index (χ4v) is 4.08. The van der Waals surface area contributed by atoms with Gasteiger partial charge in [0.05, 0.1) is 17.8 Å². The molecule has 2 atom stereocenters. The average Bonchev–Trinajstić information content (AvgIpc) is 3.01. The Kier molecular flexibility index (Phi) is 5.70. The van der Waals surface area contributed by atoms with Crippen LogP contribution in [0.4, 0.5) is 0 Å². The number of halogens is 1. The Morgan fingerprint density at radius 1 is 1.24 bits per heavy atom. The molecule has 25 heavy (non-hydrogen) atoms. The lowest BCUT2D eigenvalue weighted by Crippen LogP contribution is -2.02. The minimum atomic E-state index is -0.895. The standard InChI is InChI=1S/C20H19ClN2OS/c1-25(24)13-15-4-2-5-18-19(12-23-20(15)18)17(6-3-11-22)14-7-9-16(21)10-8-14/h2,4-5,7-10,12,17,23H,3,6,13H2,1H3. The molecule has 0 radical (unpaired) electrons. The van der Waals surface area contributed by atoms with E-state index in [4.69, 9.17) is 16.9 Å². The van der Waals surface area contributed by atoms with Crippen LogP contribution in [-0.4, -0.2) is 15.8 Å². The fraction of sp³-hybridized carbons (Fsp3) is 0.250. The first-order valence-corrected chi connectivity index (χ1v) is 10.2. The zero-order valence-electron chi connectivity index (χ0n) is 14.0. The molecule has 0 amide bonds. The van der Waals surface area contributed by atoms with Crippen molar-refractivity contribution in [3.05, 3.63) is 70.4 Å². The first-order valence-electron chi connectivity index (χ1n) is 8.11. The minimum absolute atomic E-state index is 0.119. The molecule has 0 saturated carbocycles. The number of H-pyrrole nitrogens is 1. The van der Waals surface area contributed by atoms with Crippen LogP contribution in [0.15, 0.2) is 48.7 Å². The first kappa shape index (κ1) is 17.9. The van der Waals surface area contributed by atoms with Crippen molar-refractivity contribution in [3.63, 3.8) is 0 Å². The minimum Gasteiger partial charge on any atom is -0.616 e. The summed E-state index contributed by atoms with van der Waals surface area (Å²) in [6, 6.07) is 16.2. The van der Waals surface area contributed by atoms with Gasteiger partial charge < -0.3 is 9.54 Å². The zero-order chi connectivity index (χ0) is 17.8. The Balaban J connectivity index is 2.07. The van der Waals surface area contributed by atoms with E-state index in [-0.39, 0.29) is 5.92 Å². The van der Waals surface area contributed by atoms with Gasteiger partial charge in [0, 0.05) is 34.5 Å². The quantitative estimate of drug-likeness (QED) is 0.611. The van der Waals surface area contributed by atoms with Gasteiger partial charge in [-0.2, -0.15) is 5.26 Å². The molecule has 0 spiro atoms. The van der Waals surface area contributed by atoms with Crippen molar-refractivity contribution >= 4 is 33.7 Å². The predicted molar refractivity (Wildman–Crippen MR) is 104 cm³/mol. The van der Waals surface area contributed by atoms with Crippen LogP contribution in [0.1, 0.15) is 35.4 Å². The SMILES string of the molecule is C[S+]([O-])Cc1cccc2c(C(CCC#N)c3ccc(Cl)cc3)c[nH]c12. The van der Waals surface area contributed by atoms with Crippen molar-refractivity contribution in [1.82, 2.24) is 4.98 Å². The summed E-state index contributed by atoms with van der Waals surface area (Å²) in [5.41, 5.74) is 4.39. The first-order chi connectivity index (χ1) is 12.1. The van der Waals surface area contributed by atoms with E-state index in [1.165, 1.54) is 0 Å². The molecule has 1 aromatic heterocycles. The normalized spacial score (nSPS) is 13.5. The highest BCUT2D eigenvalue weighted by Crippen LogP contribution is 2.35. The lowest BCUT2D eigenvalue weighted by molar-refractivity contribution is 0.600. The van der Waals surface area contributed by atoms with Crippen LogP contribution < -0.4 is 0 Å². The Labute approximate surface area is 155 Å². The van der Waals surface area contributed by atoms with Crippen molar-refractivity contribution < 1.29 is 4.55 Å². The van der Waals surface area contributed by atoms with Gasteiger partial charge in [-0.1, -0.05) is 53.1 Å². The summed E-state index contributed by atoms with van der Waals surface area (Å²) in [4.78, 5) is 3.36. The van der Waals surface area contributed by atoms with E-state index in [1.807, 2.05) is 42.6 Å². The van der Waals surface area contributed by atoms with Crippen LogP contribution in [0.2, 0.25) is 5.02 Å². The maximum Gasteiger partial charge on any atom is 0.132 e. The highest BCUT2D eigenvalue weighted by atomic mass is 35.5. The Morgan fingerprint density at radius 2 is 2.00 bits per heavy atom. The number of hydrogen-bond donors (Lipinski definition) is 1. The molecule has 0 bridgehead atoms. The van der Waals surface area contributed by atoms with Crippen molar-refractivity contribution in [2.45, 2.75) is 24.5 Å². The summed E-state index contributed by atoms with van der Waals surface area (Å²) in [6.07, 6.45) is 4.96. The molecule has 2 unspecified atom stereocenters. The lowest BCUT2D eigenvalue weighted by atomic mass is 9.87. The van der Waals surface area contributed by atoms with Crippen LogP contribution in [0.5, 0.6) is 0 Å². The van der Waals surface area contributed by atoms with Crippen LogP contribution >= 0.6 is 11.6 Å². The van der Waals surface area contributed by atoms with Crippen LogP contribution in [0, 0.1) is 11.3 Å². The van der Waals surface area contributed by atoms with E-state index in [1.54, 1.807) is 6.26 Å². The molecule has 0 aliphatic rings. The van der Waals surface area contributed by atoms with Crippen LogP contribution in [0.3, 0.4) is 0 Å². The average molecular weight is 371 g/mol. The molecular formula is C20H19ClN2OS. The van der Waals surface area contributed by atoms with Crippen LogP contribution in [-0.2, 0) is 16.9 Å². The Morgan fingerprint density at radius 3 is 2.68 bits per heavy atom. The summed E-state index contributed by atoms with van der Waals surface area (Å²) in [7, 11) is 0. The molecule has 0 aliphatic heterocycles. The van der Waals surface area contributed by atoms with E-state index in [0.717, 1.165) is 34.0 Å². The molecule has 0 aliphatic carbocycles. The highest BCUT2D eigenvalue weighted by molar-refractivity contribution is 7.89. The summed E-state index contributed by atoms with van der Waals surface area (Å²) in [6.45, 7) is 0. The third kappa shape index (κ3) is 4.01. The number of para-hydroxylation sites is 1. The second-order valence-corrected chi connectivity index (χ2v) is 7.97. The van der Waals surface area contributed by atoms with Gasteiger partial charge in [0.1, 0.15) is 5.75 Å². The van der Waals surface area contributed by atoms with Crippen molar-refractivity contribution in [2.75, 3.05) is 6.26 Å². The van der Waals surface area contributed by atoms with Crippen molar-refractivity contribution in [3.8, 4) is 6.07 Å². The highest BCUT2D eigenvalue weighted by Gasteiger charge is 2.19. The summed E-state index contributed by atoms with van der Waals surface area (Å²) >= 11 is 5.13.